The molecule has 3 atom stereocenters. The van der Waals surface area contributed by atoms with E-state index in [1.54, 1.807) is 0 Å². The largest absolute Gasteiger partial charge is 0.354 e. The Labute approximate surface area is 96.8 Å². The Bertz CT molecular complexity index is 275. The normalized spacial score (nSPS) is 39.8. The second-order valence-electron chi connectivity index (χ2n) is 5.41. The first-order valence-electron chi connectivity index (χ1n) is 6.57. The van der Waals surface area contributed by atoms with Gasteiger partial charge in [0.2, 0.25) is 5.91 Å². The molecular weight excluding hydrogens is 202 g/mol. The van der Waals surface area contributed by atoms with Gasteiger partial charge >= 0.3 is 0 Å². The molecule has 1 amide bonds. The quantitative estimate of drug-likeness (QED) is 0.682. The number of piperidine rings is 1. The van der Waals surface area contributed by atoms with Crippen molar-refractivity contribution in [1.29, 1.82) is 0 Å². The molecule has 3 saturated heterocycles. The number of hydrogen-bond acceptors (Lipinski definition) is 3. The predicted molar refractivity (Wildman–Crippen MR) is 62.1 cm³/mol. The van der Waals surface area contributed by atoms with Crippen molar-refractivity contribution in [3.63, 3.8) is 0 Å². The second kappa shape index (κ2) is 4.34. The number of likely N-dealkylation sites (tertiary alicyclic amines) is 1. The maximum Gasteiger partial charge on any atom is 0.224 e. The third-order valence-electron chi connectivity index (χ3n) is 4.37. The van der Waals surface area contributed by atoms with Crippen LogP contribution in [-0.2, 0) is 4.79 Å². The Morgan fingerprint density at radius 2 is 2.25 bits per heavy atom. The first-order valence-corrected chi connectivity index (χ1v) is 6.57. The van der Waals surface area contributed by atoms with E-state index < -0.39 is 0 Å². The highest BCUT2D eigenvalue weighted by molar-refractivity contribution is 5.82. The summed E-state index contributed by atoms with van der Waals surface area (Å²) in [5.74, 6) is 1.37. The lowest BCUT2D eigenvalue weighted by Crippen LogP contribution is -2.47. The van der Waals surface area contributed by atoms with Crippen LogP contribution in [0, 0.1) is 11.8 Å². The van der Waals surface area contributed by atoms with Gasteiger partial charge < -0.3 is 10.6 Å². The molecule has 16 heavy (non-hydrogen) atoms. The zero-order valence-electron chi connectivity index (χ0n) is 9.74. The molecule has 3 aliphatic rings. The molecule has 0 radical (unpaired) electrons. The summed E-state index contributed by atoms with van der Waals surface area (Å²) in [5.41, 5.74) is 0. The van der Waals surface area contributed by atoms with E-state index in [1.165, 1.54) is 32.5 Å². The molecule has 4 heteroatoms. The molecule has 0 saturated carbocycles. The molecule has 2 N–H and O–H groups in total. The van der Waals surface area contributed by atoms with E-state index in [1.807, 2.05) is 0 Å². The van der Waals surface area contributed by atoms with E-state index in [0.29, 0.717) is 11.9 Å². The Hall–Kier alpha value is -0.610. The van der Waals surface area contributed by atoms with Crippen LogP contribution in [0.1, 0.15) is 19.3 Å². The lowest BCUT2D eigenvalue weighted by atomic mass is 9.90. The van der Waals surface area contributed by atoms with E-state index in [2.05, 4.69) is 15.5 Å². The highest BCUT2D eigenvalue weighted by Crippen LogP contribution is 2.28. The average molecular weight is 223 g/mol. The number of rotatable bonds is 2. The number of fused-ring (bicyclic) bond motifs is 1. The number of amides is 1. The summed E-state index contributed by atoms with van der Waals surface area (Å²) in [6, 6.07) is 0.488. The highest BCUT2D eigenvalue weighted by Gasteiger charge is 2.41. The van der Waals surface area contributed by atoms with Gasteiger partial charge in [0.15, 0.2) is 0 Å². The fourth-order valence-electron chi connectivity index (χ4n) is 3.47. The number of carbonyl (C=O) groups excluding carboxylic acids is 1. The third kappa shape index (κ3) is 1.84. The molecule has 0 aromatic carbocycles. The van der Waals surface area contributed by atoms with Crippen molar-refractivity contribution in [2.45, 2.75) is 25.3 Å². The van der Waals surface area contributed by atoms with Crippen molar-refractivity contribution < 1.29 is 4.79 Å². The van der Waals surface area contributed by atoms with Crippen LogP contribution >= 0.6 is 0 Å². The van der Waals surface area contributed by atoms with Crippen molar-refractivity contribution in [2.75, 3.05) is 32.7 Å². The molecule has 4 nitrogen and oxygen atoms in total. The molecule has 0 aromatic rings. The van der Waals surface area contributed by atoms with Gasteiger partial charge in [-0.05, 0) is 44.8 Å². The van der Waals surface area contributed by atoms with E-state index in [0.717, 1.165) is 25.4 Å². The van der Waals surface area contributed by atoms with E-state index in [-0.39, 0.29) is 5.92 Å². The number of nitrogens with zero attached hydrogens (tertiary/aromatic N) is 1. The van der Waals surface area contributed by atoms with Crippen LogP contribution in [0.15, 0.2) is 0 Å². The second-order valence-corrected chi connectivity index (χ2v) is 5.41. The van der Waals surface area contributed by atoms with Gasteiger partial charge in [-0.2, -0.15) is 0 Å². The summed E-state index contributed by atoms with van der Waals surface area (Å²) < 4.78 is 0. The molecule has 3 fully saturated rings. The van der Waals surface area contributed by atoms with Crippen LogP contribution < -0.4 is 10.6 Å². The zero-order chi connectivity index (χ0) is 11.0. The van der Waals surface area contributed by atoms with E-state index >= 15 is 0 Å². The highest BCUT2D eigenvalue weighted by atomic mass is 16.2. The van der Waals surface area contributed by atoms with Gasteiger partial charge in [-0.3, -0.25) is 9.69 Å². The Balaban J connectivity index is 1.63. The summed E-state index contributed by atoms with van der Waals surface area (Å²) in [5, 5.41) is 6.44. The summed E-state index contributed by atoms with van der Waals surface area (Å²) in [6.45, 7) is 5.58. The van der Waals surface area contributed by atoms with Crippen molar-refractivity contribution in [3.05, 3.63) is 0 Å². The van der Waals surface area contributed by atoms with Crippen LogP contribution in [0.4, 0.5) is 0 Å². The van der Waals surface area contributed by atoms with Crippen LogP contribution in [0.3, 0.4) is 0 Å². The molecule has 0 aliphatic carbocycles. The minimum Gasteiger partial charge on any atom is -0.354 e. The monoisotopic (exact) mass is 223 g/mol. The van der Waals surface area contributed by atoms with Gasteiger partial charge in [0, 0.05) is 19.1 Å². The SMILES string of the molecule is O=C1NCC2C1CCCN2CC1CCNC1. The van der Waals surface area contributed by atoms with E-state index in [9.17, 15) is 4.79 Å². The van der Waals surface area contributed by atoms with Crippen molar-refractivity contribution >= 4 is 5.91 Å². The lowest BCUT2D eigenvalue weighted by Gasteiger charge is -2.37. The molecular formula is C12H21N3O. The molecule has 3 unspecified atom stereocenters. The first-order chi connectivity index (χ1) is 7.84. The number of nitrogens with one attached hydrogen (secondary N) is 2. The molecule has 3 aliphatic heterocycles. The first kappa shape index (κ1) is 10.5. The molecule has 0 spiro atoms. The van der Waals surface area contributed by atoms with Gasteiger partial charge in [-0.25, -0.2) is 0 Å². The van der Waals surface area contributed by atoms with Gasteiger partial charge in [0.25, 0.3) is 0 Å². The van der Waals surface area contributed by atoms with Gasteiger partial charge in [0.05, 0.1) is 5.92 Å². The third-order valence-corrected chi connectivity index (χ3v) is 4.37. The smallest absolute Gasteiger partial charge is 0.224 e. The van der Waals surface area contributed by atoms with E-state index in [4.69, 9.17) is 0 Å². The molecule has 0 aromatic heterocycles. The maximum atomic E-state index is 11.6. The van der Waals surface area contributed by atoms with Crippen molar-refractivity contribution in [2.24, 2.45) is 11.8 Å². The van der Waals surface area contributed by atoms with Gasteiger partial charge in [-0.15, -0.1) is 0 Å². The Kier molecular flexibility index (Phi) is 2.86. The predicted octanol–water partition coefficient (Wildman–Crippen LogP) is -0.194. The standard InChI is InChI=1S/C12H21N3O/c16-12-10-2-1-5-15(11(10)7-14-12)8-9-3-4-13-6-9/h9-11,13H,1-8H2,(H,14,16). The minimum atomic E-state index is 0.281. The summed E-state index contributed by atoms with van der Waals surface area (Å²) in [6.07, 6.45) is 3.58. The summed E-state index contributed by atoms with van der Waals surface area (Å²) >= 11 is 0. The van der Waals surface area contributed by atoms with Crippen LogP contribution in [0.5, 0.6) is 0 Å². The van der Waals surface area contributed by atoms with Crippen LogP contribution in [0.25, 0.3) is 0 Å². The lowest BCUT2D eigenvalue weighted by molar-refractivity contribution is -0.124. The topological polar surface area (TPSA) is 44.4 Å². The van der Waals surface area contributed by atoms with Crippen LogP contribution in [-0.4, -0.2) is 49.6 Å². The van der Waals surface area contributed by atoms with Gasteiger partial charge in [0.1, 0.15) is 0 Å². The fourth-order valence-corrected chi connectivity index (χ4v) is 3.47. The molecule has 3 rings (SSSR count). The zero-order valence-corrected chi connectivity index (χ0v) is 9.74. The van der Waals surface area contributed by atoms with Crippen molar-refractivity contribution in [3.8, 4) is 0 Å². The molecule has 90 valence electrons. The minimum absolute atomic E-state index is 0.281. The Morgan fingerprint density at radius 1 is 1.31 bits per heavy atom. The van der Waals surface area contributed by atoms with Crippen LogP contribution in [0.2, 0.25) is 0 Å². The van der Waals surface area contributed by atoms with Gasteiger partial charge in [-0.1, -0.05) is 0 Å². The summed E-state index contributed by atoms with van der Waals surface area (Å²) in [4.78, 5) is 14.2. The average Bonchev–Trinajstić information content (AvgIpc) is 2.90. The Morgan fingerprint density at radius 3 is 3.06 bits per heavy atom. The molecule has 3 heterocycles. The fraction of sp³-hybridized carbons (Fsp3) is 0.917. The number of hydrogen-bond donors (Lipinski definition) is 2. The van der Waals surface area contributed by atoms with Crippen molar-refractivity contribution in [1.82, 2.24) is 15.5 Å². The molecule has 0 bridgehead atoms. The summed E-state index contributed by atoms with van der Waals surface area (Å²) in [7, 11) is 0. The maximum absolute atomic E-state index is 11.6. The number of carbonyl (C=O) groups is 1.